The van der Waals surface area contributed by atoms with Crippen LogP contribution in [0.15, 0.2) is 30.6 Å². The topological polar surface area (TPSA) is 272 Å². The minimum Gasteiger partial charge on any atom is -0.480 e. The van der Waals surface area contributed by atoms with Crippen LogP contribution < -0.4 is 22.1 Å². The molecule has 0 aliphatic rings. The molecule has 0 bridgehead atoms. The van der Waals surface area contributed by atoms with Crippen molar-refractivity contribution < 1.29 is 49.2 Å². The number of rotatable bonds is 17. The lowest BCUT2D eigenvalue weighted by Crippen LogP contribution is -2.44. The Hall–Kier alpha value is -3.41. The molecule has 4 atom stereocenters. The number of carboxylic acid groups (broad SMARTS) is 4. The van der Waals surface area contributed by atoms with E-state index in [1.54, 1.807) is 12.4 Å². The molecular formula is C21H31N5O10S2. The molecule has 0 radical (unpaired) electrons. The highest BCUT2D eigenvalue weighted by Gasteiger charge is 2.24. The van der Waals surface area contributed by atoms with Crippen LogP contribution in [-0.4, -0.2) is 96.8 Å². The van der Waals surface area contributed by atoms with Crippen LogP contribution in [0, 0.1) is 0 Å². The minimum atomic E-state index is -1.34. The van der Waals surface area contributed by atoms with Gasteiger partial charge in [0.25, 0.3) is 0 Å². The Labute approximate surface area is 225 Å². The summed E-state index contributed by atoms with van der Waals surface area (Å²) in [6, 6.07) is 0.592. The van der Waals surface area contributed by atoms with E-state index in [0.717, 1.165) is 21.6 Å². The molecule has 1 heterocycles. The van der Waals surface area contributed by atoms with Crippen LogP contribution in [0.4, 0.5) is 0 Å². The summed E-state index contributed by atoms with van der Waals surface area (Å²) in [5.41, 5.74) is 10.5. The second-order valence-corrected chi connectivity index (χ2v) is 10.0. The summed E-state index contributed by atoms with van der Waals surface area (Å²) < 4.78 is 0. The third-order valence-corrected chi connectivity index (χ3v) is 6.81. The maximum Gasteiger partial charge on any atom is 0.327 e. The number of pyridine rings is 1. The van der Waals surface area contributed by atoms with E-state index in [0.29, 0.717) is 0 Å². The van der Waals surface area contributed by atoms with Crippen molar-refractivity contribution in [3.8, 4) is 0 Å². The number of amides is 2. The lowest BCUT2D eigenvalue weighted by atomic mass is 10.1. The first-order chi connectivity index (χ1) is 17.8. The minimum absolute atomic E-state index is 0.134. The average molecular weight is 578 g/mol. The van der Waals surface area contributed by atoms with E-state index in [4.69, 9.17) is 21.7 Å². The summed E-state index contributed by atoms with van der Waals surface area (Å²) in [6.45, 7) is 0. The highest BCUT2D eigenvalue weighted by atomic mass is 33.1. The van der Waals surface area contributed by atoms with Crippen molar-refractivity contribution in [2.24, 2.45) is 11.5 Å². The Morgan fingerprint density at radius 1 is 0.658 bits per heavy atom. The Morgan fingerprint density at radius 3 is 1.26 bits per heavy atom. The fourth-order valence-electron chi connectivity index (χ4n) is 2.25. The van der Waals surface area contributed by atoms with Gasteiger partial charge in [0, 0.05) is 36.7 Å². The van der Waals surface area contributed by atoms with E-state index in [1.165, 1.54) is 0 Å². The van der Waals surface area contributed by atoms with Crippen LogP contribution in [0.3, 0.4) is 0 Å². The average Bonchev–Trinajstić information content (AvgIpc) is 2.87. The molecule has 1 aromatic rings. The maximum absolute atomic E-state index is 11.8. The van der Waals surface area contributed by atoms with Crippen molar-refractivity contribution in [3.63, 3.8) is 0 Å². The van der Waals surface area contributed by atoms with E-state index in [-0.39, 0.29) is 37.2 Å². The van der Waals surface area contributed by atoms with Crippen molar-refractivity contribution in [1.29, 1.82) is 0 Å². The number of hydrogen-bond donors (Lipinski definition) is 8. The number of aromatic nitrogens is 1. The molecule has 38 heavy (non-hydrogen) atoms. The lowest BCUT2D eigenvalue weighted by molar-refractivity contribution is -0.141. The Morgan fingerprint density at radius 2 is 1.03 bits per heavy atom. The van der Waals surface area contributed by atoms with Gasteiger partial charge in [0.15, 0.2) is 0 Å². The molecule has 0 spiro atoms. The second-order valence-electron chi connectivity index (χ2n) is 7.48. The van der Waals surface area contributed by atoms with Crippen LogP contribution >= 0.6 is 21.6 Å². The summed E-state index contributed by atoms with van der Waals surface area (Å²) >= 11 is 0. The first kappa shape index (κ1) is 34.6. The smallest absolute Gasteiger partial charge is 0.327 e. The summed E-state index contributed by atoms with van der Waals surface area (Å²) in [5.74, 6) is -6.92. The molecule has 0 saturated heterocycles. The zero-order valence-corrected chi connectivity index (χ0v) is 21.7. The molecule has 2 amide bonds. The number of nitrogens with zero attached hydrogens (tertiary/aromatic N) is 1. The van der Waals surface area contributed by atoms with Gasteiger partial charge >= 0.3 is 23.9 Å². The predicted molar refractivity (Wildman–Crippen MR) is 138 cm³/mol. The van der Waals surface area contributed by atoms with Crippen LogP contribution in [0.1, 0.15) is 25.7 Å². The molecule has 15 nitrogen and oxygen atoms in total. The summed E-state index contributed by atoms with van der Waals surface area (Å²) in [7, 11) is 1.89. The van der Waals surface area contributed by atoms with Crippen LogP contribution in [0.25, 0.3) is 0 Å². The number of carbonyl (C=O) groups is 6. The summed E-state index contributed by atoms with van der Waals surface area (Å²) in [5, 5.41) is 40.2. The van der Waals surface area contributed by atoms with Crippen molar-refractivity contribution in [2.75, 3.05) is 11.5 Å². The van der Waals surface area contributed by atoms with Gasteiger partial charge in [0.2, 0.25) is 11.8 Å². The fourth-order valence-corrected chi connectivity index (χ4v) is 4.56. The maximum atomic E-state index is 11.8. The predicted octanol–water partition coefficient (Wildman–Crippen LogP) is -1.03. The largest absolute Gasteiger partial charge is 0.480 e. The number of carbonyl (C=O) groups excluding carboxylic acids is 2. The molecule has 10 N–H and O–H groups in total. The van der Waals surface area contributed by atoms with E-state index in [1.807, 2.05) is 18.2 Å². The molecule has 0 fully saturated rings. The molecule has 0 saturated carbocycles. The van der Waals surface area contributed by atoms with E-state index >= 15 is 0 Å². The fraction of sp³-hybridized carbons (Fsp3) is 0.476. The monoisotopic (exact) mass is 577 g/mol. The quantitative estimate of drug-likeness (QED) is 0.0812. The molecule has 4 unspecified atom stereocenters. The normalized spacial score (nSPS) is 13.4. The summed E-state index contributed by atoms with van der Waals surface area (Å²) in [4.78, 5) is 71.1. The standard InChI is InChI=1S/C16H26N4O10S2.C5H5N/c17-7(13(23)24)1-3-11(21)19-9(15(27)28)5-31-32-6-10(16(29)30)20-12(22)4-2-8(18)14(25)26;1-2-4-6-5-3-1/h7-10H,1-6,17-18H2,(H,19,21)(H,20,22)(H,23,24)(H,25,26)(H,27,28)(H,29,30);1-5H. The van der Waals surface area contributed by atoms with Crippen molar-refractivity contribution >= 4 is 57.3 Å². The zero-order valence-electron chi connectivity index (χ0n) is 20.1. The van der Waals surface area contributed by atoms with Crippen molar-refractivity contribution in [1.82, 2.24) is 15.6 Å². The molecular weight excluding hydrogens is 546 g/mol. The number of aliphatic carboxylic acids is 4. The molecule has 17 heteroatoms. The number of nitrogens with one attached hydrogen (secondary N) is 2. The van der Waals surface area contributed by atoms with E-state index in [9.17, 15) is 39.0 Å². The van der Waals surface area contributed by atoms with Crippen molar-refractivity contribution in [2.45, 2.75) is 49.9 Å². The SMILES string of the molecule is NC(CCC(=O)NC(CSSCC(NC(=O)CCC(N)C(=O)O)C(=O)O)C(=O)O)C(=O)O.c1ccncc1. The third kappa shape index (κ3) is 17.1. The van der Waals surface area contributed by atoms with Gasteiger partial charge in [-0.15, -0.1) is 0 Å². The molecule has 0 aromatic carbocycles. The highest BCUT2D eigenvalue weighted by molar-refractivity contribution is 8.76. The lowest BCUT2D eigenvalue weighted by Gasteiger charge is -2.16. The molecule has 1 aromatic heterocycles. The number of nitrogens with two attached hydrogens (primary N) is 2. The first-order valence-corrected chi connectivity index (χ1v) is 13.4. The Balaban J connectivity index is 0.00000198. The van der Waals surface area contributed by atoms with E-state index < -0.39 is 59.9 Å². The van der Waals surface area contributed by atoms with Gasteiger partial charge in [-0.25, -0.2) is 9.59 Å². The van der Waals surface area contributed by atoms with Crippen molar-refractivity contribution in [3.05, 3.63) is 30.6 Å². The highest BCUT2D eigenvalue weighted by Crippen LogP contribution is 2.23. The van der Waals surface area contributed by atoms with Crippen LogP contribution in [0.2, 0.25) is 0 Å². The third-order valence-electron chi connectivity index (χ3n) is 4.39. The van der Waals surface area contributed by atoms with Gasteiger partial charge in [-0.1, -0.05) is 27.7 Å². The molecule has 0 aliphatic heterocycles. The first-order valence-electron chi connectivity index (χ1n) is 11.0. The van der Waals surface area contributed by atoms with Gasteiger partial charge in [-0.2, -0.15) is 0 Å². The van der Waals surface area contributed by atoms with Crippen LogP contribution in [0.5, 0.6) is 0 Å². The van der Waals surface area contributed by atoms with Crippen LogP contribution in [-0.2, 0) is 28.8 Å². The summed E-state index contributed by atoms with van der Waals surface area (Å²) in [6.07, 6.45) is 2.58. The molecule has 0 aliphatic carbocycles. The van der Waals surface area contributed by atoms with Gasteiger partial charge in [0.05, 0.1) is 0 Å². The molecule has 212 valence electrons. The number of carboxylic acids is 4. The Kier molecular flexibility index (Phi) is 17.9. The van der Waals surface area contributed by atoms with Gasteiger partial charge in [-0.3, -0.25) is 24.2 Å². The number of hydrogen-bond acceptors (Lipinski definition) is 11. The Bertz CT molecular complexity index is 840. The van der Waals surface area contributed by atoms with Gasteiger partial charge in [-0.05, 0) is 25.0 Å². The van der Waals surface area contributed by atoms with E-state index in [2.05, 4.69) is 15.6 Å². The van der Waals surface area contributed by atoms with Gasteiger partial charge in [0.1, 0.15) is 24.2 Å². The molecule has 1 rings (SSSR count). The van der Waals surface area contributed by atoms with Gasteiger partial charge < -0.3 is 42.5 Å². The zero-order chi connectivity index (χ0) is 29.1. The second kappa shape index (κ2) is 19.7.